The van der Waals surface area contributed by atoms with E-state index >= 15 is 0 Å². The van der Waals surface area contributed by atoms with Crippen LogP contribution in [0.5, 0.6) is 11.5 Å². The molecule has 6 aromatic rings. The molecule has 0 spiro atoms. The number of carbonyl (C=O) groups is 1. The molecule has 58 heavy (non-hydrogen) atoms. The Kier molecular flexibility index (Phi) is 12.3. The van der Waals surface area contributed by atoms with E-state index in [2.05, 4.69) is 43.0 Å². The summed E-state index contributed by atoms with van der Waals surface area (Å²) in [5.41, 5.74) is 4.87. The summed E-state index contributed by atoms with van der Waals surface area (Å²) in [5, 5.41) is 16.6. The van der Waals surface area contributed by atoms with Crippen molar-refractivity contribution in [2.24, 2.45) is 0 Å². The second kappa shape index (κ2) is 17.7. The van der Waals surface area contributed by atoms with E-state index in [0.717, 1.165) is 66.4 Å². The van der Waals surface area contributed by atoms with Crippen LogP contribution in [0.2, 0.25) is 5.02 Å². The number of nitrogens with one attached hydrogen (secondary N) is 3. The fraction of sp³-hybridized carbons (Fsp3) is 0.233. The quantitative estimate of drug-likeness (QED) is 0.0528. The molecule has 1 fully saturated rings. The number of benzene rings is 5. The summed E-state index contributed by atoms with van der Waals surface area (Å²) >= 11 is 6.15. The first-order valence-electron chi connectivity index (χ1n) is 18.9. The summed E-state index contributed by atoms with van der Waals surface area (Å²) in [4.78, 5) is 34.5. The minimum Gasteiger partial charge on any atom is -0.456 e. The summed E-state index contributed by atoms with van der Waals surface area (Å²) in [6.45, 7) is 4.97. The molecule has 0 atom stereocenters. The third-order valence-corrected chi connectivity index (χ3v) is 11.6. The predicted molar refractivity (Wildman–Crippen MR) is 229 cm³/mol. The maximum atomic E-state index is 13.8. The lowest BCUT2D eigenvalue weighted by Gasteiger charge is -2.36. The van der Waals surface area contributed by atoms with E-state index in [4.69, 9.17) is 16.3 Å². The maximum Gasteiger partial charge on any atom is 0.293 e. The number of hydrogen-bond donors (Lipinski definition) is 3. The van der Waals surface area contributed by atoms with Crippen LogP contribution in [-0.4, -0.2) is 87.4 Å². The molecule has 0 aliphatic carbocycles. The van der Waals surface area contributed by atoms with Crippen molar-refractivity contribution in [2.45, 2.75) is 17.9 Å². The number of nitro groups is 1. The fourth-order valence-electron chi connectivity index (χ4n) is 7.00. The van der Waals surface area contributed by atoms with Gasteiger partial charge in [0.15, 0.2) is 0 Å². The predicted octanol–water partition coefficient (Wildman–Crippen LogP) is 7.99. The number of nitrogens with zero attached hydrogens (tertiary/aromatic N) is 4. The van der Waals surface area contributed by atoms with Crippen LogP contribution in [-0.2, 0) is 16.6 Å². The molecule has 0 bridgehead atoms. The number of halogens is 1. The summed E-state index contributed by atoms with van der Waals surface area (Å²) < 4.78 is 35.6. The first-order chi connectivity index (χ1) is 27.9. The third kappa shape index (κ3) is 9.60. The van der Waals surface area contributed by atoms with Crippen LogP contribution < -0.4 is 19.7 Å². The average molecular weight is 822 g/mol. The smallest absolute Gasteiger partial charge is 0.293 e. The number of aromatic amines is 1. The van der Waals surface area contributed by atoms with Gasteiger partial charge in [0.1, 0.15) is 17.2 Å². The van der Waals surface area contributed by atoms with Gasteiger partial charge in [0, 0.05) is 79.9 Å². The van der Waals surface area contributed by atoms with Gasteiger partial charge in [-0.1, -0.05) is 48.0 Å². The molecule has 3 N–H and O–H groups in total. The molecule has 1 amide bonds. The number of sulfonamides is 1. The highest BCUT2D eigenvalue weighted by Crippen LogP contribution is 2.34. The van der Waals surface area contributed by atoms with Gasteiger partial charge in [0.25, 0.3) is 21.6 Å². The Labute approximate surface area is 342 Å². The number of aromatic nitrogens is 1. The van der Waals surface area contributed by atoms with Crippen LogP contribution in [0, 0.1) is 10.1 Å². The van der Waals surface area contributed by atoms with Crippen molar-refractivity contribution in [3.05, 3.63) is 142 Å². The zero-order chi connectivity index (χ0) is 40.8. The molecule has 1 aliphatic heterocycles. The number of anilines is 2. The van der Waals surface area contributed by atoms with Crippen molar-refractivity contribution in [3.63, 3.8) is 0 Å². The van der Waals surface area contributed by atoms with Gasteiger partial charge in [0.2, 0.25) is 0 Å². The van der Waals surface area contributed by atoms with Crippen molar-refractivity contribution in [3.8, 4) is 22.6 Å². The number of ether oxygens (including phenoxy) is 1. The Morgan fingerprint density at radius 3 is 2.47 bits per heavy atom. The average Bonchev–Trinajstić information content (AvgIpc) is 3.68. The summed E-state index contributed by atoms with van der Waals surface area (Å²) in [7, 11) is -0.680. The third-order valence-electron chi connectivity index (χ3n) is 10.1. The van der Waals surface area contributed by atoms with Gasteiger partial charge < -0.3 is 24.8 Å². The van der Waals surface area contributed by atoms with Crippen LogP contribution in [0.1, 0.15) is 22.3 Å². The SMILES string of the molecule is CN(C)CCCNc1ccc(S(=O)(=O)NC(=O)c2ccc(N3CCN(Cc4ccccc4-c4ccc(Cl)cc4)CC3)cc2Oc2ccc3cc[nH]c3c2)cc1[N+](=O)[O-]. The lowest BCUT2D eigenvalue weighted by Crippen LogP contribution is -2.46. The minimum atomic E-state index is -4.53. The lowest BCUT2D eigenvalue weighted by atomic mass is 9.99. The Bertz CT molecular complexity index is 2540. The first-order valence-corrected chi connectivity index (χ1v) is 20.7. The molecule has 2 heterocycles. The van der Waals surface area contributed by atoms with E-state index in [0.29, 0.717) is 30.4 Å². The van der Waals surface area contributed by atoms with E-state index in [1.165, 1.54) is 17.7 Å². The van der Waals surface area contributed by atoms with Crippen LogP contribution in [0.25, 0.3) is 22.0 Å². The topological polar surface area (TPSA) is 153 Å². The highest BCUT2D eigenvalue weighted by Gasteiger charge is 2.27. The Balaban J connectivity index is 1.09. The second-order valence-corrected chi connectivity index (χ2v) is 16.5. The largest absolute Gasteiger partial charge is 0.456 e. The molecule has 0 radical (unpaired) electrons. The Morgan fingerprint density at radius 2 is 1.71 bits per heavy atom. The molecule has 15 heteroatoms. The van der Waals surface area contributed by atoms with Gasteiger partial charge in [-0.05, 0) is 104 Å². The normalized spacial score (nSPS) is 13.5. The number of rotatable bonds is 15. The standard InChI is InChI=1S/C43H44ClN7O6S/c1-48(2)21-5-19-45-39-17-15-36(28-41(39)51(53)54)58(55,56)47-43(52)38-16-13-34(26-42(38)57-35-14-10-31-18-20-46-40(31)27-35)50-24-22-49(23-25-50)29-32-6-3-4-7-37(32)30-8-11-33(44)12-9-30/h3-4,6-18,20,26-28,45-46H,5,19,21-25,29H2,1-2H3,(H,47,52). The number of carbonyl (C=O) groups excluding carboxylic acids is 1. The lowest BCUT2D eigenvalue weighted by molar-refractivity contribution is -0.384. The van der Waals surface area contributed by atoms with Crippen molar-refractivity contribution in [1.29, 1.82) is 0 Å². The molecule has 13 nitrogen and oxygen atoms in total. The van der Waals surface area contributed by atoms with Gasteiger partial charge in [-0.3, -0.25) is 19.8 Å². The van der Waals surface area contributed by atoms with E-state index in [-0.39, 0.29) is 17.0 Å². The summed E-state index contributed by atoms with van der Waals surface area (Å²) in [6, 6.07) is 32.2. The molecule has 1 aliphatic rings. The van der Waals surface area contributed by atoms with E-state index in [9.17, 15) is 23.3 Å². The minimum absolute atomic E-state index is 0.0231. The molecule has 0 unspecified atom stereocenters. The van der Waals surface area contributed by atoms with Crippen LogP contribution in [0.4, 0.5) is 17.1 Å². The van der Waals surface area contributed by atoms with Gasteiger partial charge in [0.05, 0.1) is 15.4 Å². The van der Waals surface area contributed by atoms with E-state index < -0.39 is 31.4 Å². The molecule has 300 valence electrons. The van der Waals surface area contributed by atoms with Crippen molar-refractivity contribution in [1.82, 2.24) is 19.5 Å². The monoisotopic (exact) mass is 821 g/mol. The van der Waals surface area contributed by atoms with Crippen molar-refractivity contribution in [2.75, 3.05) is 63.6 Å². The molecule has 7 rings (SSSR count). The maximum absolute atomic E-state index is 13.8. The highest BCUT2D eigenvalue weighted by molar-refractivity contribution is 7.90. The van der Waals surface area contributed by atoms with E-state index in [1.54, 1.807) is 30.3 Å². The molecule has 5 aromatic carbocycles. The fourth-order valence-corrected chi connectivity index (χ4v) is 8.12. The molecular formula is C43H44ClN7O6S. The number of hydrogen-bond acceptors (Lipinski definition) is 10. The van der Waals surface area contributed by atoms with Crippen molar-refractivity contribution < 1.29 is 22.9 Å². The number of fused-ring (bicyclic) bond motifs is 1. The van der Waals surface area contributed by atoms with Gasteiger partial charge in [-0.2, -0.15) is 0 Å². The molecule has 1 saturated heterocycles. The Morgan fingerprint density at radius 1 is 0.931 bits per heavy atom. The number of H-pyrrole nitrogens is 1. The van der Waals surface area contributed by atoms with Crippen LogP contribution in [0.15, 0.2) is 120 Å². The highest BCUT2D eigenvalue weighted by atomic mass is 35.5. The zero-order valence-corrected chi connectivity index (χ0v) is 33.7. The molecule has 1 aromatic heterocycles. The Hall–Kier alpha value is -5.93. The van der Waals surface area contributed by atoms with Gasteiger partial charge >= 0.3 is 0 Å². The second-order valence-electron chi connectivity index (χ2n) is 14.4. The van der Waals surface area contributed by atoms with Gasteiger partial charge in [-0.25, -0.2) is 13.1 Å². The molecular weight excluding hydrogens is 778 g/mol. The van der Waals surface area contributed by atoms with E-state index in [1.807, 2.05) is 67.7 Å². The molecule has 0 saturated carbocycles. The number of piperazine rings is 1. The summed E-state index contributed by atoms with van der Waals surface area (Å²) in [6.07, 6.45) is 2.53. The van der Waals surface area contributed by atoms with Gasteiger partial charge in [-0.15, -0.1) is 0 Å². The van der Waals surface area contributed by atoms with Crippen molar-refractivity contribution >= 4 is 55.5 Å². The number of nitro benzene ring substituents is 1. The van der Waals surface area contributed by atoms with Crippen LogP contribution >= 0.6 is 11.6 Å². The van der Waals surface area contributed by atoms with Crippen LogP contribution in [0.3, 0.4) is 0 Å². The number of amides is 1. The zero-order valence-electron chi connectivity index (χ0n) is 32.2. The first kappa shape index (κ1) is 40.3. The summed E-state index contributed by atoms with van der Waals surface area (Å²) in [5.74, 6) is -0.351.